The van der Waals surface area contributed by atoms with Gasteiger partial charge >= 0.3 is 11.9 Å². The van der Waals surface area contributed by atoms with Crippen LogP contribution in [0.15, 0.2) is 15.0 Å². The molecule has 0 fully saturated rings. The molecule has 0 unspecified atom stereocenters. The summed E-state index contributed by atoms with van der Waals surface area (Å²) in [6, 6.07) is -9.05. The molecule has 28 heteroatoms. The predicted octanol–water partition coefficient (Wildman–Crippen LogP) is -6.39. The summed E-state index contributed by atoms with van der Waals surface area (Å²) in [5.41, 5.74) is 49.8. The number of aliphatic imine (C=N–C) groups is 3. The van der Waals surface area contributed by atoms with Crippen molar-refractivity contribution in [3.8, 4) is 0 Å². The van der Waals surface area contributed by atoms with Crippen LogP contribution in [0.1, 0.15) is 96.8 Å². The van der Waals surface area contributed by atoms with Gasteiger partial charge in [0.1, 0.15) is 36.3 Å². The minimum atomic E-state index is -1.58. The summed E-state index contributed by atoms with van der Waals surface area (Å²) in [6.07, 6.45) is 1.67. The van der Waals surface area contributed by atoms with Gasteiger partial charge in [-0.1, -0.05) is 0 Å². The molecule has 0 rings (SSSR count). The molecule has 0 saturated heterocycles. The molecule has 0 heterocycles. The summed E-state index contributed by atoms with van der Waals surface area (Å²) in [5, 5.41) is 33.8. The molecule has 28 nitrogen and oxygen atoms in total. The minimum absolute atomic E-state index is 0.00250. The number of hydrogen-bond acceptors (Lipinski definition) is 14. The van der Waals surface area contributed by atoms with Crippen LogP contribution in [0.3, 0.4) is 0 Å². The quantitative estimate of drug-likeness (QED) is 0.0158. The summed E-state index contributed by atoms with van der Waals surface area (Å²) < 4.78 is 0. The number of nitrogens with zero attached hydrogens (tertiary/aromatic N) is 3. The molecule has 0 aliphatic carbocycles. The molecular formula is C38H74N18O10. The Bertz CT molecular complexity index is 1650. The summed E-state index contributed by atoms with van der Waals surface area (Å²) in [5.74, 6) is -8.15. The monoisotopic (exact) mass is 943 g/mol. The van der Waals surface area contributed by atoms with Gasteiger partial charge in [-0.2, -0.15) is 0 Å². The van der Waals surface area contributed by atoms with Crippen LogP contribution in [0, 0.1) is 0 Å². The van der Waals surface area contributed by atoms with E-state index in [1.807, 2.05) is 0 Å². The Morgan fingerprint density at radius 3 is 1.14 bits per heavy atom. The Balaban J connectivity index is 6.39. The second-order valence-electron chi connectivity index (χ2n) is 15.3. The number of carbonyl (C=O) groups excluding carboxylic acids is 6. The Morgan fingerprint density at radius 2 is 0.773 bits per heavy atom. The maximum Gasteiger partial charge on any atom is 0.326 e. The van der Waals surface area contributed by atoms with Crippen LogP contribution >= 0.6 is 0 Å². The Kier molecular flexibility index (Phi) is 30.5. The Morgan fingerprint density at radius 1 is 0.439 bits per heavy atom. The van der Waals surface area contributed by atoms with Crippen molar-refractivity contribution < 1.29 is 48.6 Å². The number of amides is 6. The number of hydrogen-bond donors (Lipinski definition) is 17. The number of nitrogens with one attached hydrogen (secondary N) is 6. The fourth-order valence-corrected chi connectivity index (χ4v) is 6.02. The number of carboxylic acids is 2. The fourth-order valence-electron chi connectivity index (χ4n) is 6.02. The molecule has 0 aromatic heterocycles. The minimum Gasteiger partial charge on any atom is -0.481 e. The Labute approximate surface area is 383 Å². The zero-order chi connectivity index (χ0) is 50.2. The lowest BCUT2D eigenvalue weighted by Crippen LogP contribution is -2.59. The van der Waals surface area contributed by atoms with Gasteiger partial charge in [0.2, 0.25) is 35.4 Å². The first-order chi connectivity index (χ1) is 31.1. The van der Waals surface area contributed by atoms with Crippen LogP contribution in [0.5, 0.6) is 0 Å². The van der Waals surface area contributed by atoms with Gasteiger partial charge in [-0.05, 0) is 103 Å². The van der Waals surface area contributed by atoms with Crippen LogP contribution < -0.4 is 83.5 Å². The average Bonchev–Trinajstić information content (AvgIpc) is 3.24. The first-order valence-corrected chi connectivity index (χ1v) is 21.7. The number of carboxylic acid groups (broad SMARTS) is 2. The second-order valence-corrected chi connectivity index (χ2v) is 15.3. The van der Waals surface area contributed by atoms with E-state index in [1.165, 1.54) is 6.92 Å². The van der Waals surface area contributed by atoms with Gasteiger partial charge in [-0.15, -0.1) is 0 Å². The third kappa shape index (κ3) is 27.6. The highest BCUT2D eigenvalue weighted by molar-refractivity contribution is 5.97. The molecule has 26 N–H and O–H groups in total. The maximum absolute atomic E-state index is 13.8. The van der Waals surface area contributed by atoms with E-state index in [9.17, 15) is 43.5 Å². The molecular weight excluding hydrogens is 869 g/mol. The Hall–Kier alpha value is -6.55. The molecule has 0 aliphatic rings. The van der Waals surface area contributed by atoms with Gasteiger partial charge in [-0.3, -0.25) is 48.5 Å². The zero-order valence-corrected chi connectivity index (χ0v) is 37.7. The standard InChI is InChI=1S/C38H74N18O10/c1-21(29(59)52-26(13-8-20-50-38(46)47)33(63)54-24(11-3-5-17-40)34(64)56-27(35(65)66)14-15-28(57)58)51-31(61)25(12-7-19-49-37(44)45)55-32(62)23(10-2-4-16-39)53-30(60)22(41)9-6-18-48-36(42)43/h21-27H,2-20,39-41H2,1H3,(H,51,61)(H,52,59)(H,53,60)(H,54,63)(H,55,62)(H,56,64)(H,57,58)(H,65,66)(H4,42,43,48)(H4,44,45,49)(H4,46,47,50)/t21-,22-,23-,24-,25-,26-,27-/m0/s1. The van der Waals surface area contributed by atoms with Crippen molar-refractivity contribution in [2.75, 3.05) is 32.7 Å². The van der Waals surface area contributed by atoms with E-state index in [4.69, 9.17) is 56.7 Å². The highest BCUT2D eigenvalue weighted by Crippen LogP contribution is 2.09. The van der Waals surface area contributed by atoms with E-state index in [2.05, 4.69) is 46.9 Å². The van der Waals surface area contributed by atoms with Crippen molar-refractivity contribution in [3.63, 3.8) is 0 Å². The van der Waals surface area contributed by atoms with E-state index in [0.29, 0.717) is 38.6 Å². The number of rotatable bonds is 36. The lowest BCUT2D eigenvalue weighted by molar-refractivity contribution is -0.143. The third-order valence-corrected chi connectivity index (χ3v) is 9.63. The molecule has 66 heavy (non-hydrogen) atoms. The molecule has 0 saturated carbocycles. The van der Waals surface area contributed by atoms with Gasteiger partial charge in [0.05, 0.1) is 6.04 Å². The maximum atomic E-state index is 13.8. The van der Waals surface area contributed by atoms with Crippen LogP contribution in [-0.4, -0.2) is 150 Å². The van der Waals surface area contributed by atoms with E-state index in [-0.39, 0.29) is 89.0 Å². The molecule has 0 aliphatic heterocycles. The summed E-state index contributed by atoms with van der Waals surface area (Å²) >= 11 is 0. The number of unbranched alkanes of at least 4 members (excludes halogenated alkanes) is 2. The van der Waals surface area contributed by atoms with Gasteiger partial charge in [0.15, 0.2) is 17.9 Å². The van der Waals surface area contributed by atoms with Crippen molar-refractivity contribution in [2.24, 2.45) is 66.6 Å². The van der Waals surface area contributed by atoms with Gasteiger partial charge < -0.3 is 93.7 Å². The number of guanidine groups is 3. The zero-order valence-electron chi connectivity index (χ0n) is 37.7. The first kappa shape index (κ1) is 59.4. The van der Waals surface area contributed by atoms with Gasteiger partial charge in [-0.25, -0.2) is 4.79 Å². The number of carbonyl (C=O) groups is 8. The largest absolute Gasteiger partial charge is 0.481 e. The van der Waals surface area contributed by atoms with E-state index in [0.717, 1.165) is 0 Å². The molecule has 376 valence electrons. The second kappa shape index (κ2) is 33.9. The summed E-state index contributed by atoms with van der Waals surface area (Å²) in [4.78, 5) is 116. The number of nitrogens with two attached hydrogens (primary N) is 9. The lowest BCUT2D eigenvalue weighted by Gasteiger charge is -2.27. The van der Waals surface area contributed by atoms with Gasteiger partial charge in [0.25, 0.3) is 0 Å². The molecule has 0 spiro atoms. The van der Waals surface area contributed by atoms with Crippen LogP contribution in [0.2, 0.25) is 0 Å². The summed E-state index contributed by atoms with van der Waals surface area (Å²) in [7, 11) is 0. The van der Waals surface area contributed by atoms with Crippen LogP contribution in [0.4, 0.5) is 0 Å². The van der Waals surface area contributed by atoms with Crippen LogP contribution in [-0.2, 0) is 38.4 Å². The summed E-state index contributed by atoms with van der Waals surface area (Å²) in [6.45, 7) is 2.22. The first-order valence-electron chi connectivity index (χ1n) is 21.7. The van der Waals surface area contributed by atoms with Crippen LogP contribution in [0.25, 0.3) is 0 Å². The van der Waals surface area contributed by atoms with Crippen molar-refractivity contribution in [3.05, 3.63) is 0 Å². The van der Waals surface area contributed by atoms with E-state index >= 15 is 0 Å². The fraction of sp³-hybridized carbons (Fsp3) is 0.711. The molecule has 6 amide bonds. The van der Waals surface area contributed by atoms with E-state index in [1.54, 1.807) is 0 Å². The highest BCUT2D eigenvalue weighted by atomic mass is 16.4. The average molecular weight is 943 g/mol. The number of aliphatic carboxylic acids is 2. The molecule has 0 radical (unpaired) electrons. The smallest absolute Gasteiger partial charge is 0.326 e. The molecule has 0 aromatic rings. The topological polar surface area (TPSA) is 520 Å². The van der Waals surface area contributed by atoms with Crippen molar-refractivity contribution >= 4 is 65.3 Å². The van der Waals surface area contributed by atoms with Crippen molar-refractivity contribution in [2.45, 2.75) is 139 Å². The third-order valence-electron chi connectivity index (χ3n) is 9.63. The normalized spacial score (nSPS) is 13.9. The van der Waals surface area contributed by atoms with Crippen molar-refractivity contribution in [1.29, 1.82) is 0 Å². The molecule has 0 aromatic carbocycles. The predicted molar refractivity (Wildman–Crippen MR) is 245 cm³/mol. The highest BCUT2D eigenvalue weighted by Gasteiger charge is 2.32. The lowest BCUT2D eigenvalue weighted by atomic mass is 10.0. The molecule has 7 atom stereocenters. The van der Waals surface area contributed by atoms with Gasteiger partial charge in [0, 0.05) is 26.1 Å². The van der Waals surface area contributed by atoms with Crippen molar-refractivity contribution in [1.82, 2.24) is 31.9 Å². The SMILES string of the molecule is C[C@H](NC(=O)[C@H](CCCN=C(N)N)NC(=O)[C@H](CCCCN)NC(=O)[C@@H](N)CCCN=C(N)N)C(=O)N[C@@H](CCCN=C(N)N)C(=O)N[C@@H](CCCCN)C(=O)N[C@@H](CCC(=O)O)C(=O)O. The molecule has 0 bridgehead atoms. The van der Waals surface area contributed by atoms with E-state index < -0.39 is 103 Å².